The van der Waals surface area contributed by atoms with E-state index < -0.39 is 24.0 Å². The van der Waals surface area contributed by atoms with Crippen LogP contribution in [0.2, 0.25) is 0 Å². The molecule has 1 aromatic heterocycles. The van der Waals surface area contributed by atoms with E-state index in [9.17, 15) is 18.0 Å². The highest BCUT2D eigenvalue weighted by Gasteiger charge is 2.40. The lowest BCUT2D eigenvalue weighted by atomic mass is 9.88. The molecule has 0 spiro atoms. The minimum absolute atomic E-state index is 0.0695. The Bertz CT molecular complexity index is 941. The number of hydrogen-bond acceptors (Lipinski definition) is 2. The van der Waals surface area contributed by atoms with Crippen LogP contribution in [-0.4, -0.2) is 22.6 Å². The molecule has 1 heterocycles. The van der Waals surface area contributed by atoms with Gasteiger partial charge in [0.05, 0.1) is 23.0 Å². The van der Waals surface area contributed by atoms with Crippen LogP contribution in [0.3, 0.4) is 0 Å². The lowest BCUT2D eigenvalue weighted by molar-refractivity contribution is -0.147. The number of nitrogens with one attached hydrogen (secondary N) is 1. The molecule has 0 bridgehead atoms. The average Bonchev–Trinajstić information content (AvgIpc) is 2.60. The lowest BCUT2D eigenvalue weighted by Crippen LogP contribution is -2.50. The molecule has 0 radical (unpaired) electrons. The van der Waals surface area contributed by atoms with E-state index in [-0.39, 0.29) is 12.0 Å². The number of benzene rings is 2. The molecule has 1 N–H and O–H groups in total. The Morgan fingerprint density at radius 1 is 1.04 bits per heavy atom. The second-order valence-electron chi connectivity index (χ2n) is 6.89. The number of para-hydroxylation sites is 1. The number of fused-ring (bicyclic) bond motifs is 1. The molecular weight excluding hydrogens is 353 g/mol. The predicted octanol–water partition coefficient (Wildman–Crippen LogP) is 4.92. The van der Waals surface area contributed by atoms with Crippen molar-refractivity contribution in [1.82, 2.24) is 10.3 Å². The molecule has 3 aromatic rings. The van der Waals surface area contributed by atoms with Gasteiger partial charge >= 0.3 is 6.18 Å². The fourth-order valence-corrected chi connectivity index (χ4v) is 3.18. The number of carbonyl (C=O) groups excluding carboxylic acids is 1. The minimum Gasteiger partial charge on any atom is -0.346 e. The molecule has 1 amide bonds. The fourth-order valence-electron chi connectivity index (χ4n) is 3.18. The maximum Gasteiger partial charge on any atom is 0.391 e. The van der Waals surface area contributed by atoms with Crippen molar-refractivity contribution in [2.45, 2.75) is 31.5 Å². The highest BCUT2D eigenvalue weighted by Crippen LogP contribution is 2.30. The zero-order valence-corrected chi connectivity index (χ0v) is 14.8. The summed E-state index contributed by atoms with van der Waals surface area (Å²) in [5, 5.41) is 3.34. The maximum atomic E-state index is 13.2. The first-order valence-corrected chi connectivity index (χ1v) is 8.52. The highest BCUT2D eigenvalue weighted by molar-refractivity contribution is 5.97. The highest BCUT2D eigenvalue weighted by atomic mass is 19.4. The number of nitrogens with zero attached hydrogens (tertiary/aromatic N) is 1. The Balaban J connectivity index is 1.86. The number of halogens is 3. The maximum absolute atomic E-state index is 13.2. The van der Waals surface area contributed by atoms with E-state index in [4.69, 9.17) is 0 Å². The van der Waals surface area contributed by atoms with Gasteiger partial charge in [-0.15, -0.1) is 0 Å². The summed E-state index contributed by atoms with van der Waals surface area (Å²) >= 11 is 0. The Morgan fingerprint density at radius 2 is 1.70 bits per heavy atom. The van der Waals surface area contributed by atoms with Gasteiger partial charge in [0, 0.05) is 11.6 Å². The SMILES string of the molecule is C[C@](Cc1ccccc1)(CC(F)(F)F)NC(=O)c1cnc2ccccc2c1. The molecule has 2 aromatic carbocycles. The smallest absolute Gasteiger partial charge is 0.346 e. The van der Waals surface area contributed by atoms with Gasteiger partial charge in [0.15, 0.2) is 0 Å². The Kier molecular flexibility index (Phi) is 5.17. The monoisotopic (exact) mass is 372 g/mol. The summed E-state index contributed by atoms with van der Waals surface area (Å²) < 4.78 is 39.5. The lowest BCUT2D eigenvalue weighted by Gasteiger charge is -2.32. The van der Waals surface area contributed by atoms with Gasteiger partial charge in [-0.25, -0.2) is 0 Å². The van der Waals surface area contributed by atoms with Gasteiger partial charge < -0.3 is 5.32 Å². The number of alkyl halides is 3. The molecule has 3 nitrogen and oxygen atoms in total. The molecule has 0 saturated heterocycles. The van der Waals surface area contributed by atoms with Crippen LogP contribution in [0.1, 0.15) is 29.3 Å². The summed E-state index contributed by atoms with van der Waals surface area (Å²) in [5.74, 6) is -0.573. The van der Waals surface area contributed by atoms with E-state index >= 15 is 0 Å². The van der Waals surface area contributed by atoms with Crippen LogP contribution in [-0.2, 0) is 6.42 Å². The Labute approximate surface area is 155 Å². The normalized spacial score (nSPS) is 13.9. The van der Waals surface area contributed by atoms with E-state index in [1.54, 1.807) is 48.5 Å². The molecule has 140 valence electrons. The first-order valence-electron chi connectivity index (χ1n) is 8.52. The zero-order valence-electron chi connectivity index (χ0n) is 14.8. The fraction of sp³-hybridized carbons (Fsp3) is 0.238. The van der Waals surface area contributed by atoms with E-state index in [0.29, 0.717) is 0 Å². The van der Waals surface area contributed by atoms with E-state index in [1.165, 1.54) is 13.1 Å². The molecule has 6 heteroatoms. The van der Waals surface area contributed by atoms with Crippen LogP contribution in [0.15, 0.2) is 66.9 Å². The summed E-state index contributed by atoms with van der Waals surface area (Å²) in [6.45, 7) is 1.42. The van der Waals surface area contributed by atoms with Crippen molar-refractivity contribution in [2.75, 3.05) is 0 Å². The summed E-state index contributed by atoms with van der Waals surface area (Å²) in [4.78, 5) is 16.9. The van der Waals surface area contributed by atoms with Crippen molar-refractivity contribution >= 4 is 16.8 Å². The molecular formula is C21H19F3N2O. The molecule has 0 saturated carbocycles. The first kappa shape index (κ1) is 18.9. The largest absolute Gasteiger partial charge is 0.391 e. The Hall–Kier alpha value is -2.89. The summed E-state index contributed by atoms with van der Waals surface area (Å²) in [7, 11) is 0. The van der Waals surface area contributed by atoms with Crippen LogP contribution in [0, 0.1) is 0 Å². The van der Waals surface area contributed by atoms with Gasteiger partial charge in [0.25, 0.3) is 5.91 Å². The summed E-state index contributed by atoms with van der Waals surface area (Å²) in [5.41, 5.74) is 0.204. The van der Waals surface area contributed by atoms with Gasteiger partial charge in [-0.2, -0.15) is 13.2 Å². The van der Waals surface area contributed by atoms with Crippen molar-refractivity contribution < 1.29 is 18.0 Å². The number of carbonyl (C=O) groups is 1. The van der Waals surface area contributed by atoms with Gasteiger partial charge in [0.1, 0.15) is 0 Å². The third-order valence-corrected chi connectivity index (χ3v) is 4.30. The van der Waals surface area contributed by atoms with Gasteiger partial charge in [-0.3, -0.25) is 9.78 Å². The predicted molar refractivity (Wildman–Crippen MR) is 98.4 cm³/mol. The Morgan fingerprint density at radius 3 is 2.41 bits per heavy atom. The van der Waals surface area contributed by atoms with E-state index in [2.05, 4.69) is 10.3 Å². The molecule has 0 aliphatic heterocycles. The molecule has 0 aliphatic carbocycles. The number of pyridine rings is 1. The molecule has 1 atom stereocenters. The van der Waals surface area contributed by atoms with E-state index in [1.807, 2.05) is 12.1 Å². The topological polar surface area (TPSA) is 42.0 Å². The standard InChI is InChI=1S/C21H19F3N2O/c1-20(14-21(22,23)24,12-15-7-3-2-4-8-15)26-19(27)17-11-16-9-5-6-10-18(16)25-13-17/h2-11,13H,12,14H2,1H3,(H,26,27)/t20-/m0/s1. The number of amides is 1. The molecule has 3 rings (SSSR count). The minimum atomic E-state index is -4.40. The van der Waals surface area contributed by atoms with Crippen LogP contribution < -0.4 is 5.32 Å². The molecule has 0 aliphatic rings. The number of hydrogen-bond donors (Lipinski definition) is 1. The third-order valence-electron chi connectivity index (χ3n) is 4.30. The van der Waals surface area contributed by atoms with Crippen LogP contribution in [0.25, 0.3) is 10.9 Å². The van der Waals surface area contributed by atoms with Crippen LogP contribution in [0.4, 0.5) is 13.2 Å². The quantitative estimate of drug-likeness (QED) is 0.691. The number of aromatic nitrogens is 1. The van der Waals surface area contributed by atoms with Crippen molar-refractivity contribution in [2.24, 2.45) is 0 Å². The molecule has 0 fully saturated rings. The van der Waals surface area contributed by atoms with Crippen molar-refractivity contribution in [3.8, 4) is 0 Å². The van der Waals surface area contributed by atoms with Gasteiger partial charge in [-0.05, 0) is 31.0 Å². The molecule has 0 unspecified atom stereocenters. The van der Waals surface area contributed by atoms with Crippen molar-refractivity contribution in [3.63, 3.8) is 0 Å². The van der Waals surface area contributed by atoms with Crippen molar-refractivity contribution in [3.05, 3.63) is 78.0 Å². The average molecular weight is 372 g/mol. The first-order chi connectivity index (χ1) is 12.7. The zero-order chi connectivity index (χ0) is 19.5. The second-order valence-corrected chi connectivity index (χ2v) is 6.89. The third kappa shape index (κ3) is 5.06. The number of rotatable bonds is 5. The summed E-state index contributed by atoms with van der Waals surface area (Å²) in [6.07, 6.45) is -4.08. The molecule has 27 heavy (non-hydrogen) atoms. The second kappa shape index (κ2) is 7.39. The van der Waals surface area contributed by atoms with Gasteiger partial charge in [-0.1, -0.05) is 48.5 Å². The van der Waals surface area contributed by atoms with Gasteiger partial charge in [0.2, 0.25) is 0 Å². The van der Waals surface area contributed by atoms with E-state index in [0.717, 1.165) is 16.5 Å². The summed E-state index contributed by atoms with van der Waals surface area (Å²) in [6, 6.07) is 17.7. The van der Waals surface area contributed by atoms with Crippen molar-refractivity contribution in [1.29, 1.82) is 0 Å². The van der Waals surface area contributed by atoms with Crippen LogP contribution in [0.5, 0.6) is 0 Å². The van der Waals surface area contributed by atoms with Crippen LogP contribution >= 0.6 is 0 Å².